The van der Waals surface area contributed by atoms with Crippen molar-refractivity contribution in [2.75, 3.05) is 17.5 Å². The minimum absolute atomic E-state index is 0.0187. The Morgan fingerprint density at radius 1 is 1.48 bits per heavy atom. The molecular weight excluding hydrogens is 322 g/mol. The molecule has 0 saturated heterocycles. The van der Waals surface area contributed by atoms with E-state index >= 15 is 0 Å². The third-order valence-corrected chi connectivity index (χ3v) is 3.69. The molecule has 9 nitrogen and oxygen atoms in total. The number of hydrogen-bond acceptors (Lipinski definition) is 7. The fourth-order valence-corrected chi connectivity index (χ4v) is 2.86. The topological polar surface area (TPSA) is 146 Å². The maximum absolute atomic E-state index is 11.5. The number of nitrogens with zero attached hydrogens (tertiary/aromatic N) is 1. The number of rotatable bonds is 8. The van der Waals surface area contributed by atoms with Crippen LogP contribution in [-0.4, -0.2) is 54.4 Å². The van der Waals surface area contributed by atoms with E-state index < -0.39 is 28.0 Å². The molecule has 1 unspecified atom stereocenters. The molecule has 1 aromatic rings. The van der Waals surface area contributed by atoms with Crippen molar-refractivity contribution in [2.45, 2.75) is 18.9 Å². The van der Waals surface area contributed by atoms with Crippen LogP contribution < -0.4 is 10.0 Å². The monoisotopic (exact) mass is 337 g/mol. The van der Waals surface area contributed by atoms with Crippen LogP contribution in [0, 0.1) is 0 Å². The average Bonchev–Trinajstić information content (AvgIpc) is 2.73. The number of anilines is 1. The summed E-state index contributed by atoms with van der Waals surface area (Å²) in [6.07, 6.45) is -0.686. The second-order valence-electron chi connectivity index (χ2n) is 4.19. The number of aliphatic hydroxyl groups excluding tert-OH is 1. The van der Waals surface area contributed by atoms with Crippen LogP contribution in [0.5, 0.6) is 0 Å². The summed E-state index contributed by atoms with van der Waals surface area (Å²) in [7, 11) is -3.41. The molecule has 0 aliphatic carbocycles. The number of hydrogen-bond donors (Lipinski definition) is 4. The fraction of sp³-hybridized carbons (Fsp3) is 0.500. The summed E-state index contributed by atoms with van der Waals surface area (Å²) in [5.74, 6) is -1.75. The zero-order valence-corrected chi connectivity index (χ0v) is 12.7. The second-order valence-corrected chi connectivity index (χ2v) is 6.79. The summed E-state index contributed by atoms with van der Waals surface area (Å²) in [5.41, 5.74) is 0.391. The number of amides is 1. The highest BCUT2D eigenvalue weighted by Gasteiger charge is 2.14. The number of carbonyl (C=O) groups excluding carboxylic acids is 1. The number of nitrogens with one attached hydrogen (secondary N) is 2. The Morgan fingerprint density at radius 2 is 2.14 bits per heavy atom. The first kappa shape index (κ1) is 17.3. The van der Waals surface area contributed by atoms with Gasteiger partial charge < -0.3 is 15.5 Å². The van der Waals surface area contributed by atoms with Gasteiger partial charge in [0.25, 0.3) is 0 Å². The molecule has 0 aromatic carbocycles. The number of aromatic nitrogens is 1. The van der Waals surface area contributed by atoms with Gasteiger partial charge in [-0.25, -0.2) is 18.2 Å². The Kier molecular flexibility index (Phi) is 6.05. The molecule has 0 spiro atoms. The van der Waals surface area contributed by atoms with E-state index in [-0.39, 0.29) is 24.5 Å². The molecule has 1 aromatic heterocycles. The van der Waals surface area contributed by atoms with E-state index in [1.807, 2.05) is 0 Å². The lowest BCUT2D eigenvalue weighted by molar-refractivity contribution is -0.147. The minimum atomic E-state index is -3.41. The smallest absolute Gasteiger partial charge is 0.332 e. The Bertz CT molecular complexity index is 612. The molecule has 21 heavy (non-hydrogen) atoms. The average molecular weight is 337 g/mol. The third kappa shape index (κ3) is 7.02. The van der Waals surface area contributed by atoms with Gasteiger partial charge in [0, 0.05) is 18.3 Å². The molecule has 1 rings (SSSR count). The lowest BCUT2D eigenvalue weighted by atomic mass is 10.2. The van der Waals surface area contributed by atoms with E-state index in [1.165, 1.54) is 0 Å². The van der Waals surface area contributed by atoms with Crippen LogP contribution in [0.4, 0.5) is 5.13 Å². The van der Waals surface area contributed by atoms with Crippen molar-refractivity contribution in [1.82, 2.24) is 10.3 Å². The summed E-state index contributed by atoms with van der Waals surface area (Å²) >= 11 is 1.05. The first-order chi connectivity index (χ1) is 9.67. The first-order valence-electron chi connectivity index (χ1n) is 5.77. The van der Waals surface area contributed by atoms with Crippen molar-refractivity contribution in [3.63, 3.8) is 0 Å². The van der Waals surface area contributed by atoms with Gasteiger partial charge in [-0.05, 0) is 0 Å². The van der Waals surface area contributed by atoms with Gasteiger partial charge in [0.05, 0.1) is 18.4 Å². The highest BCUT2D eigenvalue weighted by atomic mass is 32.2. The number of aliphatic hydroxyl groups is 1. The molecule has 0 bridgehead atoms. The molecule has 1 atom stereocenters. The Labute approximate surface area is 125 Å². The molecular formula is C10H15N3O6S2. The number of aliphatic carboxylic acids is 1. The van der Waals surface area contributed by atoms with Gasteiger partial charge in [-0.1, -0.05) is 0 Å². The van der Waals surface area contributed by atoms with Crippen molar-refractivity contribution in [2.24, 2.45) is 0 Å². The summed E-state index contributed by atoms with van der Waals surface area (Å²) in [4.78, 5) is 25.8. The first-order valence-corrected chi connectivity index (χ1v) is 8.54. The maximum atomic E-state index is 11.5. The molecule has 118 valence electrons. The van der Waals surface area contributed by atoms with Crippen LogP contribution in [0.3, 0.4) is 0 Å². The van der Waals surface area contributed by atoms with Gasteiger partial charge in [0.15, 0.2) is 11.2 Å². The molecule has 0 saturated carbocycles. The maximum Gasteiger partial charge on any atom is 0.332 e. The van der Waals surface area contributed by atoms with E-state index in [1.54, 1.807) is 5.38 Å². The molecule has 4 N–H and O–H groups in total. The van der Waals surface area contributed by atoms with Crippen molar-refractivity contribution >= 4 is 38.4 Å². The third-order valence-electron chi connectivity index (χ3n) is 2.19. The summed E-state index contributed by atoms with van der Waals surface area (Å²) in [5, 5.41) is 21.6. The lowest BCUT2D eigenvalue weighted by Gasteiger charge is -2.06. The molecule has 1 heterocycles. The molecule has 0 radical (unpaired) electrons. The largest absolute Gasteiger partial charge is 0.479 e. The van der Waals surface area contributed by atoms with Crippen LogP contribution in [-0.2, 0) is 26.0 Å². The van der Waals surface area contributed by atoms with Crippen LogP contribution in [0.1, 0.15) is 12.1 Å². The van der Waals surface area contributed by atoms with Gasteiger partial charge >= 0.3 is 5.97 Å². The van der Waals surface area contributed by atoms with Gasteiger partial charge in [-0.3, -0.25) is 9.52 Å². The molecule has 0 fully saturated rings. The fourth-order valence-electron chi connectivity index (χ4n) is 1.29. The van der Waals surface area contributed by atoms with Crippen LogP contribution >= 0.6 is 11.3 Å². The SMILES string of the molecule is CS(=O)(=O)Nc1nc(CC(=O)NCCC(O)C(=O)O)cs1. The van der Waals surface area contributed by atoms with Crippen molar-refractivity contribution in [3.8, 4) is 0 Å². The van der Waals surface area contributed by atoms with Crippen LogP contribution in [0.25, 0.3) is 0 Å². The molecule has 11 heteroatoms. The van der Waals surface area contributed by atoms with Crippen LogP contribution in [0.2, 0.25) is 0 Å². The standard InChI is InChI=1S/C10H15N3O6S2/c1-21(18,19)13-10-12-6(5-20-10)4-8(15)11-3-2-7(14)9(16)17/h5,7,14H,2-4H2,1H3,(H,11,15)(H,12,13)(H,16,17). The van der Waals surface area contributed by atoms with Crippen molar-refractivity contribution in [3.05, 3.63) is 11.1 Å². The van der Waals surface area contributed by atoms with E-state index in [2.05, 4.69) is 15.0 Å². The van der Waals surface area contributed by atoms with E-state index in [0.29, 0.717) is 5.69 Å². The normalized spacial score (nSPS) is 12.7. The number of sulfonamides is 1. The highest BCUT2D eigenvalue weighted by Crippen LogP contribution is 2.16. The molecule has 1 amide bonds. The number of thiazole rings is 1. The predicted octanol–water partition coefficient (Wildman–Crippen LogP) is -0.991. The summed E-state index contributed by atoms with van der Waals surface area (Å²) in [6, 6.07) is 0. The lowest BCUT2D eigenvalue weighted by Crippen LogP contribution is -2.31. The van der Waals surface area contributed by atoms with Crippen molar-refractivity contribution < 1.29 is 28.2 Å². The quantitative estimate of drug-likeness (QED) is 0.476. The minimum Gasteiger partial charge on any atom is -0.479 e. The predicted molar refractivity (Wildman–Crippen MR) is 75.6 cm³/mol. The second kappa shape index (κ2) is 7.33. The Morgan fingerprint density at radius 3 is 2.71 bits per heavy atom. The van der Waals surface area contributed by atoms with E-state index in [9.17, 15) is 18.0 Å². The summed E-state index contributed by atoms with van der Waals surface area (Å²) in [6.45, 7) is 0.0187. The number of carbonyl (C=O) groups is 2. The molecule has 0 aliphatic rings. The van der Waals surface area contributed by atoms with Gasteiger partial charge in [0.2, 0.25) is 15.9 Å². The number of carboxylic acids is 1. The van der Waals surface area contributed by atoms with Gasteiger partial charge in [-0.15, -0.1) is 11.3 Å². The Balaban J connectivity index is 2.40. The van der Waals surface area contributed by atoms with Crippen LogP contribution in [0.15, 0.2) is 5.38 Å². The highest BCUT2D eigenvalue weighted by molar-refractivity contribution is 7.92. The van der Waals surface area contributed by atoms with Crippen molar-refractivity contribution in [1.29, 1.82) is 0 Å². The zero-order chi connectivity index (χ0) is 16.0. The van der Waals surface area contributed by atoms with E-state index in [4.69, 9.17) is 10.2 Å². The van der Waals surface area contributed by atoms with Gasteiger partial charge in [-0.2, -0.15) is 0 Å². The molecule has 0 aliphatic heterocycles. The Hall–Kier alpha value is -1.72. The zero-order valence-electron chi connectivity index (χ0n) is 11.1. The number of carboxylic acid groups (broad SMARTS) is 1. The summed E-state index contributed by atoms with van der Waals surface area (Å²) < 4.78 is 24.2. The van der Waals surface area contributed by atoms with E-state index in [0.717, 1.165) is 17.6 Å². The van der Waals surface area contributed by atoms with Gasteiger partial charge in [0.1, 0.15) is 0 Å².